The number of nitrogens with one attached hydrogen (secondary N) is 1. The molecular weight excluding hydrogens is 270 g/mol. The average molecular weight is 289 g/mol. The van der Waals surface area contributed by atoms with Gasteiger partial charge in [0.05, 0.1) is 11.5 Å². The van der Waals surface area contributed by atoms with Gasteiger partial charge in [0.15, 0.2) is 9.84 Å². The predicted molar refractivity (Wildman–Crippen MR) is 72.8 cm³/mol. The van der Waals surface area contributed by atoms with Crippen molar-refractivity contribution in [2.75, 3.05) is 18.1 Å². The van der Waals surface area contributed by atoms with Gasteiger partial charge in [-0.1, -0.05) is 13.8 Å². The normalized spacial score (nSPS) is 22.7. The van der Waals surface area contributed by atoms with E-state index in [1.54, 1.807) is 11.3 Å². The van der Waals surface area contributed by atoms with Crippen molar-refractivity contribution >= 4 is 21.2 Å². The van der Waals surface area contributed by atoms with E-state index in [9.17, 15) is 8.42 Å². The van der Waals surface area contributed by atoms with Gasteiger partial charge in [-0.25, -0.2) is 8.42 Å². The summed E-state index contributed by atoms with van der Waals surface area (Å²) >= 11 is 1.56. The SMILES string of the molecule is CC(C)NCCc1nnc(C2CCS(=O)(=O)C2)s1. The highest BCUT2D eigenvalue weighted by Crippen LogP contribution is 2.30. The summed E-state index contributed by atoms with van der Waals surface area (Å²) in [6, 6.07) is 0.470. The Hall–Kier alpha value is -0.530. The van der Waals surface area contributed by atoms with Crippen molar-refractivity contribution in [1.82, 2.24) is 15.5 Å². The van der Waals surface area contributed by atoms with Gasteiger partial charge in [0.25, 0.3) is 0 Å². The smallest absolute Gasteiger partial charge is 0.151 e. The number of hydrogen-bond acceptors (Lipinski definition) is 6. The Bertz CT molecular complexity index is 496. The Morgan fingerprint density at radius 1 is 1.44 bits per heavy atom. The number of aromatic nitrogens is 2. The van der Waals surface area contributed by atoms with Crippen molar-refractivity contribution in [2.45, 2.75) is 38.6 Å². The van der Waals surface area contributed by atoms with Crippen LogP contribution in [0.2, 0.25) is 0 Å². The highest BCUT2D eigenvalue weighted by molar-refractivity contribution is 7.91. The van der Waals surface area contributed by atoms with Gasteiger partial charge in [-0.2, -0.15) is 0 Å². The Kier molecular flexibility index (Phi) is 4.34. The van der Waals surface area contributed by atoms with Crippen LogP contribution in [0.25, 0.3) is 0 Å². The molecule has 102 valence electrons. The summed E-state index contributed by atoms with van der Waals surface area (Å²) < 4.78 is 22.8. The molecule has 1 aliphatic heterocycles. The summed E-state index contributed by atoms with van der Waals surface area (Å²) in [7, 11) is -2.84. The first kappa shape index (κ1) is 13.9. The Morgan fingerprint density at radius 3 is 2.83 bits per heavy atom. The molecule has 7 heteroatoms. The lowest BCUT2D eigenvalue weighted by Gasteiger charge is -2.05. The molecule has 0 spiro atoms. The molecule has 1 aromatic heterocycles. The monoisotopic (exact) mass is 289 g/mol. The lowest BCUT2D eigenvalue weighted by atomic mass is 10.1. The summed E-state index contributed by atoms with van der Waals surface area (Å²) in [4.78, 5) is 0. The third kappa shape index (κ3) is 3.73. The second-order valence-corrected chi connectivity index (χ2v) is 8.32. The van der Waals surface area contributed by atoms with Crippen LogP contribution in [0.1, 0.15) is 36.2 Å². The van der Waals surface area contributed by atoms with Gasteiger partial charge in [0.2, 0.25) is 0 Å². The molecule has 1 N–H and O–H groups in total. The van der Waals surface area contributed by atoms with Crippen molar-refractivity contribution in [3.8, 4) is 0 Å². The van der Waals surface area contributed by atoms with Crippen LogP contribution in [-0.2, 0) is 16.3 Å². The van der Waals surface area contributed by atoms with Crippen LogP contribution in [-0.4, -0.2) is 42.7 Å². The third-order valence-corrected chi connectivity index (χ3v) is 5.87. The van der Waals surface area contributed by atoms with Crippen LogP contribution in [0.3, 0.4) is 0 Å². The van der Waals surface area contributed by atoms with Gasteiger partial charge in [0, 0.05) is 24.9 Å². The van der Waals surface area contributed by atoms with E-state index < -0.39 is 9.84 Å². The lowest BCUT2D eigenvalue weighted by Crippen LogP contribution is -2.24. The lowest BCUT2D eigenvalue weighted by molar-refractivity contribution is 0.588. The highest BCUT2D eigenvalue weighted by atomic mass is 32.2. The van der Waals surface area contributed by atoms with Crippen molar-refractivity contribution in [3.05, 3.63) is 10.0 Å². The number of sulfone groups is 1. The maximum atomic E-state index is 11.4. The molecule has 2 rings (SSSR count). The Morgan fingerprint density at radius 2 is 2.22 bits per heavy atom. The van der Waals surface area contributed by atoms with E-state index in [0.29, 0.717) is 18.2 Å². The second-order valence-electron chi connectivity index (χ2n) is 4.99. The van der Waals surface area contributed by atoms with Crippen molar-refractivity contribution in [3.63, 3.8) is 0 Å². The Balaban J connectivity index is 1.90. The molecular formula is C11H19N3O2S2. The molecule has 0 bridgehead atoms. The first-order valence-electron chi connectivity index (χ1n) is 6.22. The largest absolute Gasteiger partial charge is 0.314 e. The van der Waals surface area contributed by atoms with Crippen LogP contribution < -0.4 is 5.32 Å². The van der Waals surface area contributed by atoms with E-state index in [0.717, 1.165) is 23.0 Å². The standard InChI is InChI=1S/C11H19N3O2S2/c1-8(2)12-5-3-10-13-14-11(17-10)9-4-6-18(15,16)7-9/h8-9,12H,3-7H2,1-2H3. The van der Waals surface area contributed by atoms with Crippen molar-refractivity contribution in [1.29, 1.82) is 0 Å². The maximum absolute atomic E-state index is 11.4. The summed E-state index contributed by atoms with van der Waals surface area (Å²) in [5.74, 6) is 0.604. The topological polar surface area (TPSA) is 72.0 Å². The van der Waals surface area contributed by atoms with Crippen LogP contribution >= 0.6 is 11.3 Å². The van der Waals surface area contributed by atoms with Gasteiger partial charge in [-0.05, 0) is 6.42 Å². The quantitative estimate of drug-likeness (QED) is 0.875. The van der Waals surface area contributed by atoms with Crippen LogP contribution in [0.4, 0.5) is 0 Å². The first-order chi connectivity index (χ1) is 8.46. The summed E-state index contributed by atoms with van der Waals surface area (Å²) in [6.07, 6.45) is 1.55. The van der Waals surface area contributed by atoms with E-state index in [-0.39, 0.29) is 11.7 Å². The van der Waals surface area contributed by atoms with Crippen LogP contribution in [0.15, 0.2) is 0 Å². The molecule has 1 unspecified atom stereocenters. The van der Waals surface area contributed by atoms with Crippen LogP contribution in [0, 0.1) is 0 Å². The molecule has 1 saturated heterocycles. The first-order valence-corrected chi connectivity index (χ1v) is 8.86. The molecule has 1 aliphatic rings. The molecule has 2 heterocycles. The minimum atomic E-state index is -2.84. The van der Waals surface area contributed by atoms with E-state index in [1.807, 2.05) is 0 Å². The summed E-state index contributed by atoms with van der Waals surface area (Å²) in [5, 5.41) is 13.5. The zero-order valence-electron chi connectivity index (χ0n) is 10.7. The molecule has 1 aromatic rings. The molecule has 5 nitrogen and oxygen atoms in total. The average Bonchev–Trinajstić information content (AvgIpc) is 2.84. The third-order valence-electron chi connectivity index (χ3n) is 2.96. The number of nitrogens with zero attached hydrogens (tertiary/aromatic N) is 2. The fraction of sp³-hybridized carbons (Fsp3) is 0.818. The van der Waals surface area contributed by atoms with E-state index in [1.165, 1.54) is 0 Å². The fourth-order valence-corrected chi connectivity index (χ4v) is 4.82. The maximum Gasteiger partial charge on any atom is 0.151 e. The van der Waals surface area contributed by atoms with Gasteiger partial charge in [-0.3, -0.25) is 0 Å². The molecule has 0 saturated carbocycles. The predicted octanol–water partition coefficient (Wildman–Crippen LogP) is 0.981. The van der Waals surface area contributed by atoms with Gasteiger partial charge >= 0.3 is 0 Å². The van der Waals surface area contributed by atoms with E-state index in [2.05, 4.69) is 29.4 Å². The number of rotatable bonds is 5. The van der Waals surface area contributed by atoms with Gasteiger partial charge in [-0.15, -0.1) is 21.5 Å². The van der Waals surface area contributed by atoms with Gasteiger partial charge < -0.3 is 5.32 Å². The minimum Gasteiger partial charge on any atom is -0.314 e. The van der Waals surface area contributed by atoms with Crippen molar-refractivity contribution < 1.29 is 8.42 Å². The zero-order chi connectivity index (χ0) is 13.2. The summed E-state index contributed by atoms with van der Waals surface area (Å²) in [5.41, 5.74) is 0. The molecule has 18 heavy (non-hydrogen) atoms. The molecule has 0 aromatic carbocycles. The molecule has 0 amide bonds. The van der Waals surface area contributed by atoms with Gasteiger partial charge in [0.1, 0.15) is 10.0 Å². The fourth-order valence-electron chi connectivity index (χ4n) is 1.99. The van der Waals surface area contributed by atoms with Crippen molar-refractivity contribution in [2.24, 2.45) is 0 Å². The van der Waals surface area contributed by atoms with E-state index >= 15 is 0 Å². The highest BCUT2D eigenvalue weighted by Gasteiger charge is 2.31. The second kappa shape index (κ2) is 5.63. The molecule has 0 aliphatic carbocycles. The van der Waals surface area contributed by atoms with E-state index in [4.69, 9.17) is 0 Å². The Labute approximate surface area is 112 Å². The molecule has 1 atom stereocenters. The minimum absolute atomic E-state index is 0.0688. The molecule has 1 fully saturated rings. The molecule has 0 radical (unpaired) electrons. The number of hydrogen-bond donors (Lipinski definition) is 1. The van der Waals surface area contributed by atoms with Crippen LogP contribution in [0.5, 0.6) is 0 Å². The summed E-state index contributed by atoms with van der Waals surface area (Å²) in [6.45, 7) is 5.10. The zero-order valence-corrected chi connectivity index (χ0v) is 12.4.